The van der Waals surface area contributed by atoms with Crippen LogP contribution in [0.25, 0.3) is 22.3 Å². The van der Waals surface area contributed by atoms with Crippen LogP contribution in [-0.2, 0) is 19.1 Å². The third kappa shape index (κ3) is 9.32. The van der Waals surface area contributed by atoms with E-state index >= 15 is 0 Å². The molecule has 0 N–H and O–H groups in total. The number of ether oxygens (including phenoxy) is 4. The predicted octanol–water partition coefficient (Wildman–Crippen LogP) is 7.04. The van der Waals surface area contributed by atoms with Crippen LogP contribution in [0.15, 0.2) is 123 Å². The van der Waals surface area contributed by atoms with E-state index in [-0.39, 0.29) is 0 Å². The molecule has 0 aliphatic rings. The fraction of sp³-hybridized carbons (Fsp3) is 0.125. The number of hydrogen-bond donors (Lipinski definition) is 0. The maximum atomic E-state index is 11.0. The molecule has 0 atom stereocenters. The highest BCUT2D eigenvalue weighted by molar-refractivity contribution is 5.82. The van der Waals surface area contributed by atoms with Gasteiger partial charge in [0, 0.05) is 25.0 Å². The van der Waals surface area contributed by atoms with Gasteiger partial charge in [-0.15, -0.1) is 0 Å². The van der Waals surface area contributed by atoms with Gasteiger partial charge in [-0.1, -0.05) is 61.7 Å². The Morgan fingerprint density at radius 1 is 0.553 bits per heavy atom. The Morgan fingerprint density at radius 2 is 0.868 bits per heavy atom. The van der Waals surface area contributed by atoms with Crippen LogP contribution < -0.4 is 9.47 Å². The van der Waals surface area contributed by atoms with Gasteiger partial charge in [0.2, 0.25) is 0 Å². The van der Waals surface area contributed by atoms with Crippen LogP contribution in [0, 0.1) is 0 Å². The minimum Gasteiger partial charge on any atom is -0.493 e. The first-order chi connectivity index (χ1) is 18.6. The Labute approximate surface area is 223 Å². The van der Waals surface area contributed by atoms with E-state index in [1.807, 2.05) is 48.5 Å². The fourth-order valence-corrected chi connectivity index (χ4v) is 3.29. The highest BCUT2D eigenvalue weighted by atomic mass is 16.5. The zero-order valence-electron chi connectivity index (χ0n) is 21.1. The van der Waals surface area contributed by atoms with Crippen molar-refractivity contribution in [3.8, 4) is 33.8 Å². The van der Waals surface area contributed by atoms with Gasteiger partial charge in [-0.05, 0) is 58.7 Å². The van der Waals surface area contributed by atoms with Gasteiger partial charge in [0.05, 0.1) is 25.7 Å². The normalized spacial score (nSPS) is 10.7. The highest BCUT2D eigenvalue weighted by Gasteiger charge is 2.03. The summed E-state index contributed by atoms with van der Waals surface area (Å²) in [7, 11) is 0. The van der Waals surface area contributed by atoms with Crippen LogP contribution >= 0.6 is 0 Å². The molecule has 0 amide bonds. The van der Waals surface area contributed by atoms with Gasteiger partial charge in [-0.2, -0.15) is 0 Å². The standard InChI is InChI=1S/C32H30O6/c1-3-31(33)37-23-7-5-21-35-29-17-13-27(14-18-29)25-9-11-26(12-10-25)28-15-19-30(20-16-28)36-22-6-8-24-38-32(34)4-2/h3-4,7-20,23-24H,1-2,5-6,21-22H2/b23-7+,24-8+. The summed E-state index contributed by atoms with van der Waals surface area (Å²) in [5.74, 6) is 0.580. The lowest BCUT2D eigenvalue weighted by molar-refractivity contribution is -0.133. The van der Waals surface area contributed by atoms with E-state index in [1.54, 1.807) is 12.2 Å². The second-order valence-corrected chi connectivity index (χ2v) is 7.93. The second kappa shape index (κ2) is 15.3. The van der Waals surface area contributed by atoms with E-state index in [1.165, 1.54) is 12.5 Å². The number of carbonyl (C=O) groups is 2. The second-order valence-electron chi connectivity index (χ2n) is 7.93. The van der Waals surface area contributed by atoms with Crippen molar-refractivity contribution in [3.05, 3.63) is 123 Å². The summed E-state index contributed by atoms with van der Waals surface area (Å²) in [6, 6.07) is 24.2. The van der Waals surface area contributed by atoms with E-state index in [4.69, 9.17) is 18.9 Å². The van der Waals surface area contributed by atoms with E-state index in [0.29, 0.717) is 26.1 Å². The molecule has 3 aromatic carbocycles. The number of esters is 2. The quantitative estimate of drug-likeness (QED) is 0.100. The lowest BCUT2D eigenvalue weighted by Gasteiger charge is -2.09. The molecule has 0 saturated heterocycles. The Balaban J connectivity index is 1.45. The first kappa shape index (κ1) is 27.7. The first-order valence-electron chi connectivity index (χ1n) is 12.1. The molecule has 0 radical (unpaired) electrons. The van der Waals surface area contributed by atoms with Gasteiger partial charge >= 0.3 is 11.9 Å². The summed E-state index contributed by atoms with van der Waals surface area (Å²) >= 11 is 0. The lowest BCUT2D eigenvalue weighted by Crippen LogP contribution is -1.96. The zero-order chi connectivity index (χ0) is 27.0. The van der Waals surface area contributed by atoms with Crippen molar-refractivity contribution in [2.24, 2.45) is 0 Å². The van der Waals surface area contributed by atoms with Crippen molar-refractivity contribution in [1.82, 2.24) is 0 Å². The first-order valence-corrected chi connectivity index (χ1v) is 12.1. The van der Waals surface area contributed by atoms with Gasteiger partial charge in [0.25, 0.3) is 0 Å². The molecule has 6 heteroatoms. The van der Waals surface area contributed by atoms with E-state index in [0.717, 1.165) is 45.9 Å². The number of hydrogen-bond acceptors (Lipinski definition) is 6. The van der Waals surface area contributed by atoms with Crippen LogP contribution in [0.5, 0.6) is 11.5 Å². The Bertz CT molecular complexity index is 1150. The van der Waals surface area contributed by atoms with Gasteiger partial charge in [-0.3, -0.25) is 0 Å². The van der Waals surface area contributed by atoms with Crippen LogP contribution in [-0.4, -0.2) is 25.2 Å². The van der Waals surface area contributed by atoms with Crippen molar-refractivity contribution in [2.75, 3.05) is 13.2 Å². The minimum atomic E-state index is -0.485. The predicted molar refractivity (Wildman–Crippen MR) is 148 cm³/mol. The van der Waals surface area contributed by atoms with Crippen molar-refractivity contribution in [3.63, 3.8) is 0 Å². The summed E-state index contributed by atoms with van der Waals surface area (Å²) in [5, 5.41) is 0. The highest BCUT2D eigenvalue weighted by Crippen LogP contribution is 2.27. The van der Waals surface area contributed by atoms with Crippen LogP contribution in [0.3, 0.4) is 0 Å². The maximum Gasteiger partial charge on any atom is 0.334 e. The monoisotopic (exact) mass is 510 g/mol. The molecule has 194 valence electrons. The molecule has 0 bridgehead atoms. The van der Waals surface area contributed by atoms with Gasteiger partial charge in [0.15, 0.2) is 0 Å². The molecule has 0 spiro atoms. The molecule has 0 aliphatic carbocycles. The van der Waals surface area contributed by atoms with E-state index in [9.17, 15) is 9.59 Å². The Kier molecular flexibility index (Phi) is 11.2. The Morgan fingerprint density at radius 3 is 1.18 bits per heavy atom. The zero-order valence-corrected chi connectivity index (χ0v) is 21.1. The minimum absolute atomic E-state index is 0.476. The summed E-state index contributed by atoms with van der Waals surface area (Å²) in [4.78, 5) is 21.9. The van der Waals surface area contributed by atoms with Crippen molar-refractivity contribution in [1.29, 1.82) is 0 Å². The lowest BCUT2D eigenvalue weighted by atomic mass is 10.0. The van der Waals surface area contributed by atoms with E-state index in [2.05, 4.69) is 37.4 Å². The molecular weight excluding hydrogens is 480 g/mol. The summed E-state index contributed by atoms with van der Waals surface area (Å²) < 4.78 is 21.0. The molecule has 0 fully saturated rings. The van der Waals surface area contributed by atoms with Crippen molar-refractivity contribution in [2.45, 2.75) is 12.8 Å². The van der Waals surface area contributed by atoms with E-state index < -0.39 is 11.9 Å². The molecule has 0 aliphatic heterocycles. The number of benzene rings is 3. The molecule has 3 rings (SSSR count). The number of carbonyl (C=O) groups excluding carboxylic acids is 2. The topological polar surface area (TPSA) is 71.1 Å². The van der Waals surface area contributed by atoms with Crippen molar-refractivity contribution < 1.29 is 28.5 Å². The van der Waals surface area contributed by atoms with Crippen LogP contribution in [0.1, 0.15) is 12.8 Å². The SMILES string of the molecule is C=CC(=O)O/C=C/CCOc1ccc(-c2ccc(-c3ccc(OCC/C=C/OC(=O)C=C)cc3)cc2)cc1. The molecule has 0 aromatic heterocycles. The molecular formula is C32H30O6. The molecule has 6 nitrogen and oxygen atoms in total. The maximum absolute atomic E-state index is 11.0. The average molecular weight is 511 g/mol. The molecule has 0 heterocycles. The average Bonchev–Trinajstić information content (AvgIpc) is 2.97. The third-order valence-corrected chi connectivity index (χ3v) is 5.26. The van der Waals surface area contributed by atoms with Gasteiger partial charge < -0.3 is 18.9 Å². The molecule has 0 saturated carbocycles. The summed E-state index contributed by atoms with van der Waals surface area (Å²) in [6.45, 7) is 7.62. The van der Waals surface area contributed by atoms with Crippen LogP contribution in [0.2, 0.25) is 0 Å². The van der Waals surface area contributed by atoms with Gasteiger partial charge in [0.1, 0.15) is 11.5 Å². The Hall–Kier alpha value is -4.84. The fourth-order valence-electron chi connectivity index (χ4n) is 3.29. The molecule has 3 aromatic rings. The van der Waals surface area contributed by atoms with Gasteiger partial charge in [-0.25, -0.2) is 9.59 Å². The molecule has 0 unspecified atom stereocenters. The number of rotatable bonds is 14. The largest absolute Gasteiger partial charge is 0.493 e. The summed E-state index contributed by atoms with van der Waals surface area (Å²) in [6.07, 6.45) is 9.60. The smallest absolute Gasteiger partial charge is 0.334 e. The third-order valence-electron chi connectivity index (χ3n) is 5.26. The summed E-state index contributed by atoms with van der Waals surface area (Å²) in [5.41, 5.74) is 4.41. The molecule has 38 heavy (non-hydrogen) atoms. The van der Waals surface area contributed by atoms with Crippen molar-refractivity contribution >= 4 is 11.9 Å². The van der Waals surface area contributed by atoms with Crippen LogP contribution in [0.4, 0.5) is 0 Å².